The van der Waals surface area contributed by atoms with Crippen molar-refractivity contribution in [3.05, 3.63) is 35.8 Å². The second-order valence-corrected chi connectivity index (χ2v) is 3.93. The highest BCUT2D eigenvalue weighted by atomic mass is 19.1. The Labute approximate surface area is 109 Å². The molecular formula is C11H7F3N6. The zero-order valence-corrected chi connectivity index (χ0v) is 9.78. The third-order valence-corrected chi connectivity index (χ3v) is 2.58. The minimum Gasteiger partial charge on any atom is -0.368 e. The average molecular weight is 280 g/mol. The molecule has 0 unspecified atom stereocenters. The number of fused-ring (bicyclic) bond motifs is 1. The summed E-state index contributed by atoms with van der Waals surface area (Å²) in [4.78, 5) is 7.70. The fourth-order valence-corrected chi connectivity index (χ4v) is 1.73. The van der Waals surface area contributed by atoms with Gasteiger partial charge in [0.1, 0.15) is 17.3 Å². The lowest BCUT2D eigenvalue weighted by Crippen LogP contribution is -2.04. The van der Waals surface area contributed by atoms with E-state index in [9.17, 15) is 13.2 Å². The predicted molar refractivity (Wildman–Crippen MR) is 65.7 cm³/mol. The van der Waals surface area contributed by atoms with Crippen molar-refractivity contribution in [2.24, 2.45) is 0 Å². The molecule has 102 valence electrons. The highest BCUT2D eigenvalue weighted by molar-refractivity contribution is 5.88. The molecule has 3 aromatic rings. The summed E-state index contributed by atoms with van der Waals surface area (Å²) in [6, 6.07) is 1.12. The van der Waals surface area contributed by atoms with Gasteiger partial charge >= 0.3 is 0 Å². The van der Waals surface area contributed by atoms with Crippen molar-refractivity contribution < 1.29 is 13.2 Å². The van der Waals surface area contributed by atoms with Crippen molar-refractivity contribution in [1.29, 1.82) is 0 Å². The molecule has 4 N–H and O–H groups in total. The van der Waals surface area contributed by atoms with E-state index in [1.165, 1.54) is 6.20 Å². The van der Waals surface area contributed by atoms with Crippen LogP contribution < -0.4 is 11.1 Å². The molecule has 0 saturated heterocycles. The largest absolute Gasteiger partial charge is 0.368 e. The Kier molecular flexibility index (Phi) is 2.67. The first-order valence-electron chi connectivity index (χ1n) is 5.43. The summed E-state index contributed by atoms with van der Waals surface area (Å²) >= 11 is 0. The van der Waals surface area contributed by atoms with Gasteiger partial charge in [-0.1, -0.05) is 0 Å². The Balaban J connectivity index is 2.12. The quantitative estimate of drug-likeness (QED) is 0.668. The molecule has 3 rings (SSSR count). The first-order chi connectivity index (χ1) is 9.54. The molecule has 0 atom stereocenters. The summed E-state index contributed by atoms with van der Waals surface area (Å²) in [7, 11) is 0. The van der Waals surface area contributed by atoms with Crippen LogP contribution in [0.5, 0.6) is 0 Å². The lowest BCUT2D eigenvalue weighted by molar-refractivity contribution is 0.549. The molecule has 0 aliphatic heterocycles. The van der Waals surface area contributed by atoms with Crippen LogP contribution in [0.2, 0.25) is 0 Å². The van der Waals surface area contributed by atoms with Crippen LogP contribution in [0.25, 0.3) is 11.0 Å². The standard InChI is InChI=1S/C11H7F3N6/c12-4-1-6(13)8(7(14)2-4)17-9-5-3-16-20-10(5)19-11(15)18-9/h1-3H,(H4,15,16,17,18,19,20). The zero-order chi connectivity index (χ0) is 14.3. The van der Waals surface area contributed by atoms with E-state index < -0.39 is 23.1 Å². The number of nitrogens with one attached hydrogen (secondary N) is 2. The van der Waals surface area contributed by atoms with E-state index in [0.29, 0.717) is 23.2 Å². The molecule has 2 aromatic heterocycles. The Hall–Kier alpha value is -2.84. The molecule has 2 heterocycles. The number of benzene rings is 1. The van der Waals surface area contributed by atoms with Gasteiger partial charge in [0.05, 0.1) is 11.6 Å². The average Bonchev–Trinajstić information content (AvgIpc) is 2.81. The minimum absolute atomic E-state index is 0.0608. The highest BCUT2D eigenvalue weighted by Gasteiger charge is 2.15. The van der Waals surface area contributed by atoms with E-state index in [2.05, 4.69) is 25.5 Å². The predicted octanol–water partition coefficient (Wildman–Crippen LogP) is 2.10. The van der Waals surface area contributed by atoms with Crippen LogP contribution in [0.1, 0.15) is 0 Å². The maximum Gasteiger partial charge on any atom is 0.224 e. The number of H-pyrrole nitrogens is 1. The zero-order valence-electron chi connectivity index (χ0n) is 9.78. The van der Waals surface area contributed by atoms with Crippen LogP contribution >= 0.6 is 0 Å². The van der Waals surface area contributed by atoms with Crippen LogP contribution in [0.3, 0.4) is 0 Å². The molecule has 0 aliphatic rings. The molecule has 0 spiro atoms. The van der Waals surface area contributed by atoms with Crippen molar-refractivity contribution in [2.45, 2.75) is 0 Å². The molecule has 1 aromatic carbocycles. The second kappa shape index (κ2) is 4.37. The molecule has 0 aliphatic carbocycles. The molecule has 6 nitrogen and oxygen atoms in total. The number of aromatic amines is 1. The number of nitrogens with two attached hydrogens (primary N) is 1. The molecule has 0 fully saturated rings. The fourth-order valence-electron chi connectivity index (χ4n) is 1.73. The summed E-state index contributed by atoms with van der Waals surface area (Å²) in [6.45, 7) is 0. The van der Waals surface area contributed by atoms with Gasteiger partial charge in [0.2, 0.25) is 5.95 Å². The SMILES string of the molecule is Nc1nc(Nc2c(F)cc(F)cc2F)c2cn[nH]c2n1. The summed E-state index contributed by atoms with van der Waals surface area (Å²) in [5, 5.41) is 9.11. The number of nitrogens with zero attached hydrogens (tertiary/aromatic N) is 3. The van der Waals surface area contributed by atoms with Gasteiger partial charge in [-0.05, 0) is 0 Å². The van der Waals surface area contributed by atoms with Gasteiger partial charge in [-0.25, -0.2) is 13.2 Å². The third kappa shape index (κ3) is 1.98. The highest BCUT2D eigenvalue weighted by Crippen LogP contribution is 2.27. The number of rotatable bonds is 2. The van der Waals surface area contributed by atoms with Crippen LogP contribution in [-0.2, 0) is 0 Å². The van der Waals surface area contributed by atoms with E-state index in [1.54, 1.807) is 0 Å². The number of halogens is 3. The lowest BCUT2D eigenvalue weighted by atomic mass is 10.2. The van der Waals surface area contributed by atoms with Crippen molar-refractivity contribution in [2.75, 3.05) is 11.1 Å². The number of hydrogen-bond donors (Lipinski definition) is 3. The third-order valence-electron chi connectivity index (χ3n) is 2.58. The monoisotopic (exact) mass is 280 g/mol. The number of anilines is 3. The van der Waals surface area contributed by atoms with Gasteiger partial charge in [-0.15, -0.1) is 0 Å². The topological polar surface area (TPSA) is 92.5 Å². The van der Waals surface area contributed by atoms with Gasteiger partial charge in [0.25, 0.3) is 0 Å². The van der Waals surface area contributed by atoms with E-state index in [4.69, 9.17) is 5.73 Å². The molecule has 0 amide bonds. The first kappa shape index (κ1) is 12.2. The van der Waals surface area contributed by atoms with Gasteiger partial charge in [0, 0.05) is 12.1 Å². The van der Waals surface area contributed by atoms with Gasteiger partial charge in [-0.2, -0.15) is 15.1 Å². The summed E-state index contributed by atoms with van der Waals surface area (Å²) < 4.78 is 40.0. The summed E-state index contributed by atoms with van der Waals surface area (Å²) in [5.74, 6) is -3.23. The van der Waals surface area contributed by atoms with Crippen molar-refractivity contribution >= 4 is 28.5 Å². The summed E-state index contributed by atoms with van der Waals surface area (Å²) in [6.07, 6.45) is 1.37. The first-order valence-corrected chi connectivity index (χ1v) is 5.43. The van der Waals surface area contributed by atoms with Gasteiger partial charge in [0.15, 0.2) is 17.3 Å². The number of hydrogen-bond acceptors (Lipinski definition) is 5. The molecule has 0 bridgehead atoms. The second-order valence-electron chi connectivity index (χ2n) is 3.93. The molecule has 0 radical (unpaired) electrons. The van der Waals surface area contributed by atoms with E-state index >= 15 is 0 Å². The number of aromatic nitrogens is 4. The van der Waals surface area contributed by atoms with E-state index in [1.807, 2.05) is 0 Å². The van der Waals surface area contributed by atoms with Crippen LogP contribution in [0.4, 0.5) is 30.6 Å². The maximum atomic E-state index is 13.6. The van der Waals surface area contributed by atoms with Crippen molar-refractivity contribution in [3.8, 4) is 0 Å². The molecule has 9 heteroatoms. The fraction of sp³-hybridized carbons (Fsp3) is 0. The number of nitrogen functional groups attached to an aromatic ring is 1. The smallest absolute Gasteiger partial charge is 0.224 e. The van der Waals surface area contributed by atoms with Gasteiger partial charge in [-0.3, -0.25) is 5.10 Å². The Bertz CT molecular complexity index is 777. The Morgan fingerprint density at radius 1 is 1.10 bits per heavy atom. The van der Waals surface area contributed by atoms with Gasteiger partial charge < -0.3 is 11.1 Å². The lowest BCUT2D eigenvalue weighted by Gasteiger charge is -2.09. The molecular weight excluding hydrogens is 273 g/mol. The van der Waals surface area contributed by atoms with E-state index in [-0.39, 0.29) is 11.8 Å². The van der Waals surface area contributed by atoms with Crippen LogP contribution in [0.15, 0.2) is 18.3 Å². The normalized spacial score (nSPS) is 10.9. The van der Waals surface area contributed by atoms with Crippen molar-refractivity contribution in [1.82, 2.24) is 20.2 Å². The maximum absolute atomic E-state index is 13.6. The van der Waals surface area contributed by atoms with E-state index in [0.717, 1.165) is 0 Å². The van der Waals surface area contributed by atoms with Crippen LogP contribution in [-0.4, -0.2) is 20.2 Å². The Morgan fingerprint density at radius 3 is 2.50 bits per heavy atom. The summed E-state index contributed by atoms with van der Waals surface area (Å²) in [5.41, 5.74) is 5.25. The molecule has 20 heavy (non-hydrogen) atoms. The molecule has 0 saturated carbocycles. The van der Waals surface area contributed by atoms with Crippen LogP contribution in [0, 0.1) is 17.5 Å². The van der Waals surface area contributed by atoms with Crippen molar-refractivity contribution in [3.63, 3.8) is 0 Å². The minimum atomic E-state index is -1.09. The Morgan fingerprint density at radius 2 is 1.80 bits per heavy atom.